The first kappa shape index (κ1) is 8.73. The zero-order chi connectivity index (χ0) is 8.43. The van der Waals surface area contributed by atoms with Gasteiger partial charge in [-0.2, -0.15) is 0 Å². The lowest BCUT2D eigenvalue weighted by Crippen LogP contribution is -2.14. The number of halogens is 2. The molecule has 1 heterocycles. The van der Waals surface area contributed by atoms with Crippen LogP contribution >= 0.6 is 31.9 Å². The first-order valence-corrected chi connectivity index (χ1v) is 4.66. The van der Waals surface area contributed by atoms with Gasteiger partial charge in [0.2, 0.25) is 5.95 Å². The van der Waals surface area contributed by atoms with Crippen LogP contribution in [0.2, 0.25) is 0 Å². The number of hydrogen-bond acceptors (Lipinski definition) is 3. The van der Waals surface area contributed by atoms with E-state index in [2.05, 4.69) is 41.8 Å². The number of nitrogens with one attached hydrogen (secondary N) is 1. The zero-order valence-corrected chi connectivity index (χ0v) is 8.57. The standard InChI is InChI=1S/C5H5Br2N3O/c6-1-2-3(7)4(11)10-5(8)9-2/h1H2,(H3,8,9,10,11). The van der Waals surface area contributed by atoms with Crippen LogP contribution in [0.25, 0.3) is 0 Å². The molecule has 0 aliphatic carbocycles. The second-order valence-electron chi connectivity index (χ2n) is 1.85. The van der Waals surface area contributed by atoms with Crippen LogP contribution in [0.3, 0.4) is 0 Å². The highest BCUT2D eigenvalue weighted by atomic mass is 79.9. The lowest BCUT2D eigenvalue weighted by molar-refractivity contribution is 1.05. The molecule has 3 N–H and O–H groups in total. The van der Waals surface area contributed by atoms with E-state index in [0.29, 0.717) is 15.5 Å². The van der Waals surface area contributed by atoms with Gasteiger partial charge in [0.1, 0.15) is 4.47 Å². The number of H-pyrrole nitrogens is 1. The number of nitrogen functional groups attached to an aromatic ring is 1. The Balaban J connectivity index is 3.36. The van der Waals surface area contributed by atoms with Crippen LogP contribution in [-0.2, 0) is 5.33 Å². The number of nitrogens with two attached hydrogens (primary N) is 1. The van der Waals surface area contributed by atoms with Crippen LogP contribution < -0.4 is 11.3 Å². The fourth-order valence-corrected chi connectivity index (χ4v) is 1.72. The van der Waals surface area contributed by atoms with Crippen LogP contribution in [0.5, 0.6) is 0 Å². The molecule has 0 saturated carbocycles. The van der Waals surface area contributed by atoms with Crippen molar-refractivity contribution in [2.75, 3.05) is 5.73 Å². The minimum Gasteiger partial charge on any atom is -0.369 e. The Bertz CT molecular complexity index is 322. The van der Waals surface area contributed by atoms with Crippen LogP contribution in [0, 0.1) is 0 Å². The third-order valence-electron chi connectivity index (χ3n) is 1.08. The maximum Gasteiger partial charge on any atom is 0.266 e. The molecule has 0 aliphatic heterocycles. The molecule has 0 bridgehead atoms. The molecule has 60 valence electrons. The fraction of sp³-hybridized carbons (Fsp3) is 0.200. The highest BCUT2D eigenvalue weighted by Crippen LogP contribution is 2.12. The maximum atomic E-state index is 11.0. The Kier molecular flexibility index (Phi) is 2.67. The average molecular weight is 283 g/mol. The van der Waals surface area contributed by atoms with E-state index in [4.69, 9.17) is 5.73 Å². The van der Waals surface area contributed by atoms with Crippen molar-refractivity contribution < 1.29 is 0 Å². The first-order valence-electron chi connectivity index (χ1n) is 2.75. The predicted molar refractivity (Wildman–Crippen MR) is 49.6 cm³/mol. The molecule has 0 amide bonds. The van der Waals surface area contributed by atoms with E-state index in [0.717, 1.165) is 0 Å². The average Bonchev–Trinajstić information content (AvgIpc) is 1.96. The van der Waals surface area contributed by atoms with Gasteiger partial charge in [0, 0.05) is 5.33 Å². The second kappa shape index (κ2) is 3.36. The summed E-state index contributed by atoms with van der Waals surface area (Å²) in [5, 5.41) is 0.502. The van der Waals surface area contributed by atoms with E-state index in [1.165, 1.54) is 0 Å². The third kappa shape index (κ3) is 1.81. The first-order chi connectivity index (χ1) is 5.15. The molecule has 6 heteroatoms. The molecule has 0 aliphatic rings. The molecule has 4 nitrogen and oxygen atoms in total. The minimum absolute atomic E-state index is 0.132. The molecule has 1 rings (SSSR count). The number of rotatable bonds is 1. The lowest BCUT2D eigenvalue weighted by atomic mass is 10.4. The van der Waals surface area contributed by atoms with Crippen LogP contribution in [0.4, 0.5) is 5.95 Å². The Hall–Kier alpha value is -0.360. The van der Waals surface area contributed by atoms with Crippen molar-refractivity contribution in [2.45, 2.75) is 5.33 Å². The van der Waals surface area contributed by atoms with Crippen molar-refractivity contribution in [3.63, 3.8) is 0 Å². The fourth-order valence-electron chi connectivity index (χ4n) is 0.613. The summed E-state index contributed by atoms with van der Waals surface area (Å²) >= 11 is 6.26. The normalized spacial score (nSPS) is 10.0. The SMILES string of the molecule is Nc1nc(CBr)c(Br)c(=O)[nH]1. The van der Waals surface area contributed by atoms with E-state index < -0.39 is 0 Å². The van der Waals surface area contributed by atoms with Crippen molar-refractivity contribution in [3.8, 4) is 0 Å². The molecule has 0 aromatic carbocycles. The Morgan fingerprint density at radius 3 is 2.82 bits per heavy atom. The molecule has 0 radical (unpaired) electrons. The number of anilines is 1. The summed E-state index contributed by atoms with van der Waals surface area (Å²) in [5.74, 6) is 0.132. The zero-order valence-electron chi connectivity index (χ0n) is 5.40. The summed E-state index contributed by atoms with van der Waals surface area (Å²) in [5.41, 5.74) is 5.64. The number of nitrogens with zero attached hydrogens (tertiary/aromatic N) is 1. The van der Waals surface area contributed by atoms with Gasteiger partial charge in [-0.15, -0.1) is 0 Å². The van der Waals surface area contributed by atoms with Crippen molar-refractivity contribution in [1.29, 1.82) is 0 Å². The van der Waals surface area contributed by atoms with Gasteiger partial charge in [-0.3, -0.25) is 9.78 Å². The van der Waals surface area contributed by atoms with Crippen molar-refractivity contribution in [2.24, 2.45) is 0 Å². The van der Waals surface area contributed by atoms with E-state index in [1.54, 1.807) is 0 Å². The number of aromatic nitrogens is 2. The van der Waals surface area contributed by atoms with E-state index in [1.807, 2.05) is 0 Å². The van der Waals surface area contributed by atoms with Crippen molar-refractivity contribution >= 4 is 37.8 Å². The predicted octanol–water partition coefficient (Wildman–Crippen LogP) is 1.01. The topological polar surface area (TPSA) is 71.8 Å². The molecule has 0 unspecified atom stereocenters. The maximum absolute atomic E-state index is 11.0. The van der Waals surface area contributed by atoms with Crippen molar-refractivity contribution in [3.05, 3.63) is 20.5 Å². The summed E-state index contributed by atoms with van der Waals surface area (Å²) in [4.78, 5) is 17.2. The Labute approximate surface area is 79.5 Å². The summed E-state index contributed by atoms with van der Waals surface area (Å²) < 4.78 is 0.420. The largest absolute Gasteiger partial charge is 0.369 e. The number of alkyl halides is 1. The van der Waals surface area contributed by atoms with Gasteiger partial charge >= 0.3 is 0 Å². The summed E-state index contributed by atoms with van der Waals surface area (Å²) in [6.07, 6.45) is 0. The van der Waals surface area contributed by atoms with E-state index in [9.17, 15) is 4.79 Å². The monoisotopic (exact) mass is 281 g/mol. The van der Waals surface area contributed by atoms with Gasteiger partial charge in [-0.25, -0.2) is 4.98 Å². The summed E-state index contributed by atoms with van der Waals surface area (Å²) in [7, 11) is 0. The van der Waals surface area contributed by atoms with Gasteiger partial charge in [0.05, 0.1) is 5.69 Å². The van der Waals surface area contributed by atoms with Gasteiger partial charge in [-0.05, 0) is 15.9 Å². The van der Waals surface area contributed by atoms with Crippen LogP contribution in [0.15, 0.2) is 9.27 Å². The van der Waals surface area contributed by atoms with Gasteiger partial charge in [0.15, 0.2) is 0 Å². The summed E-state index contributed by atoms with van der Waals surface area (Å²) in [6.45, 7) is 0. The van der Waals surface area contributed by atoms with Gasteiger partial charge < -0.3 is 5.73 Å². The Morgan fingerprint density at radius 2 is 2.27 bits per heavy atom. The lowest BCUT2D eigenvalue weighted by Gasteiger charge is -1.98. The summed E-state index contributed by atoms with van der Waals surface area (Å²) in [6, 6.07) is 0. The molecular formula is C5H5Br2N3O. The molecule has 11 heavy (non-hydrogen) atoms. The molecular weight excluding hydrogens is 278 g/mol. The molecule has 0 spiro atoms. The molecule has 0 fully saturated rings. The van der Waals surface area contributed by atoms with Crippen molar-refractivity contribution in [1.82, 2.24) is 9.97 Å². The van der Waals surface area contributed by atoms with E-state index >= 15 is 0 Å². The molecule has 1 aromatic rings. The number of aromatic amines is 1. The molecule has 1 aromatic heterocycles. The van der Waals surface area contributed by atoms with E-state index in [-0.39, 0.29) is 11.5 Å². The van der Waals surface area contributed by atoms with Crippen LogP contribution in [-0.4, -0.2) is 9.97 Å². The van der Waals surface area contributed by atoms with Gasteiger partial charge in [0.25, 0.3) is 5.56 Å². The van der Waals surface area contributed by atoms with Gasteiger partial charge in [-0.1, -0.05) is 15.9 Å². The minimum atomic E-state index is -0.257. The second-order valence-corrected chi connectivity index (χ2v) is 3.20. The highest BCUT2D eigenvalue weighted by molar-refractivity contribution is 9.10. The highest BCUT2D eigenvalue weighted by Gasteiger charge is 2.04. The molecule has 0 atom stereocenters. The van der Waals surface area contributed by atoms with Crippen LogP contribution in [0.1, 0.15) is 5.69 Å². The number of hydrogen-bond donors (Lipinski definition) is 2. The molecule has 0 saturated heterocycles. The smallest absolute Gasteiger partial charge is 0.266 e. The Morgan fingerprint density at radius 1 is 1.64 bits per heavy atom. The quantitative estimate of drug-likeness (QED) is 0.755. The third-order valence-corrected chi connectivity index (χ3v) is 2.43.